The minimum absolute atomic E-state index is 0.692. The van der Waals surface area contributed by atoms with E-state index in [1.165, 1.54) is 0 Å². The normalized spacial score (nSPS) is 11.3. The van der Waals surface area contributed by atoms with Crippen molar-refractivity contribution < 1.29 is 13.0 Å². The molecule has 1 N–H and O–H groups in total. The summed E-state index contributed by atoms with van der Waals surface area (Å²) in [5, 5.41) is -0.692. The van der Waals surface area contributed by atoms with Gasteiger partial charge in [0.05, 0.1) is 0 Å². The Morgan fingerprint density at radius 1 is 1.60 bits per heavy atom. The Kier molecular flexibility index (Phi) is 1.60. The average Bonchev–Trinajstić information content (AvgIpc) is 1.88. The molecule has 0 saturated heterocycles. The van der Waals surface area contributed by atoms with Crippen molar-refractivity contribution in [2.45, 2.75) is 5.16 Å². The van der Waals surface area contributed by atoms with Gasteiger partial charge in [0.25, 0.3) is 5.16 Å². The molecular formula is C3H2N3O3S. The highest BCUT2D eigenvalue weighted by atomic mass is 32.2. The van der Waals surface area contributed by atoms with Crippen LogP contribution in [-0.4, -0.2) is 27.9 Å². The molecule has 0 saturated carbocycles. The summed E-state index contributed by atoms with van der Waals surface area (Å²) < 4.78 is 28.7. The minimum atomic E-state index is -4.30. The van der Waals surface area contributed by atoms with Crippen LogP contribution in [-0.2, 0) is 10.1 Å². The second-order valence-electron chi connectivity index (χ2n) is 1.34. The van der Waals surface area contributed by atoms with Crippen LogP contribution in [0.15, 0.2) is 11.5 Å². The molecule has 0 aliphatic heterocycles. The van der Waals surface area contributed by atoms with Gasteiger partial charge in [-0.2, -0.15) is 13.4 Å². The van der Waals surface area contributed by atoms with Crippen molar-refractivity contribution in [3.8, 4) is 0 Å². The van der Waals surface area contributed by atoms with Gasteiger partial charge in [0.1, 0.15) is 6.33 Å². The zero-order chi connectivity index (χ0) is 7.61. The van der Waals surface area contributed by atoms with Gasteiger partial charge < -0.3 is 0 Å². The van der Waals surface area contributed by atoms with E-state index >= 15 is 0 Å². The summed E-state index contributed by atoms with van der Waals surface area (Å²) in [6.45, 7) is 0. The van der Waals surface area contributed by atoms with Crippen molar-refractivity contribution >= 4 is 10.1 Å². The molecule has 0 aromatic carbocycles. The lowest BCUT2D eigenvalue weighted by atomic mass is 11.1. The van der Waals surface area contributed by atoms with Gasteiger partial charge >= 0.3 is 10.1 Å². The highest BCUT2D eigenvalue weighted by Crippen LogP contribution is 1.94. The van der Waals surface area contributed by atoms with Gasteiger partial charge in [0, 0.05) is 0 Å². The van der Waals surface area contributed by atoms with Crippen LogP contribution in [0.2, 0.25) is 0 Å². The standard InChI is InChI=1S/C3H2N3O3S/c7-10(8,9)3-5-1-4-2-6-3/h1H,(H,7,8,9). The van der Waals surface area contributed by atoms with Crippen molar-refractivity contribution in [3.63, 3.8) is 0 Å². The summed E-state index contributed by atoms with van der Waals surface area (Å²) in [7, 11) is -4.30. The van der Waals surface area contributed by atoms with Crippen LogP contribution in [0.5, 0.6) is 0 Å². The molecule has 0 aliphatic carbocycles. The van der Waals surface area contributed by atoms with Crippen LogP contribution in [0.3, 0.4) is 0 Å². The van der Waals surface area contributed by atoms with Gasteiger partial charge in [-0.05, 0) is 0 Å². The van der Waals surface area contributed by atoms with E-state index < -0.39 is 15.3 Å². The molecule has 1 aromatic heterocycles. The SMILES string of the molecule is O=S(=O)(O)c1n[c]ncn1. The molecule has 1 aromatic rings. The van der Waals surface area contributed by atoms with Crippen molar-refractivity contribution in [2.24, 2.45) is 0 Å². The molecular weight excluding hydrogens is 158 g/mol. The Morgan fingerprint density at radius 3 is 2.60 bits per heavy atom. The van der Waals surface area contributed by atoms with E-state index in [2.05, 4.69) is 15.0 Å². The van der Waals surface area contributed by atoms with Crippen LogP contribution >= 0.6 is 0 Å². The molecule has 10 heavy (non-hydrogen) atoms. The molecule has 0 fully saturated rings. The summed E-state index contributed by atoms with van der Waals surface area (Å²) in [5.74, 6) is 0. The first kappa shape index (κ1) is 7.03. The van der Waals surface area contributed by atoms with Crippen molar-refractivity contribution in [2.75, 3.05) is 0 Å². The number of rotatable bonds is 1. The highest BCUT2D eigenvalue weighted by Gasteiger charge is 2.11. The topological polar surface area (TPSA) is 93.0 Å². The summed E-state index contributed by atoms with van der Waals surface area (Å²) in [4.78, 5) is 9.46. The van der Waals surface area contributed by atoms with Crippen LogP contribution < -0.4 is 0 Å². The first-order valence-electron chi connectivity index (χ1n) is 2.13. The number of aromatic nitrogens is 3. The summed E-state index contributed by atoms with van der Waals surface area (Å²) in [5.41, 5.74) is 0. The monoisotopic (exact) mass is 160 g/mol. The second-order valence-corrected chi connectivity index (χ2v) is 2.66. The van der Waals surface area contributed by atoms with Crippen LogP contribution in [0.25, 0.3) is 0 Å². The fourth-order valence-electron chi connectivity index (χ4n) is 0.329. The Bertz CT molecular complexity index is 307. The van der Waals surface area contributed by atoms with Crippen LogP contribution in [0.1, 0.15) is 0 Å². The van der Waals surface area contributed by atoms with Crippen LogP contribution in [0, 0.1) is 6.33 Å². The maximum atomic E-state index is 10.2. The van der Waals surface area contributed by atoms with E-state index in [1.54, 1.807) is 0 Å². The van der Waals surface area contributed by atoms with E-state index in [9.17, 15) is 8.42 Å². The molecule has 0 atom stereocenters. The smallest absolute Gasteiger partial charge is 0.279 e. The Hall–Kier alpha value is -1.08. The minimum Gasteiger partial charge on any atom is -0.279 e. The lowest BCUT2D eigenvalue weighted by Gasteiger charge is -1.88. The Labute approximate surface area is 56.7 Å². The average molecular weight is 160 g/mol. The molecule has 6 nitrogen and oxygen atoms in total. The number of hydrogen-bond donors (Lipinski definition) is 1. The van der Waals surface area contributed by atoms with Gasteiger partial charge in [-0.1, -0.05) is 0 Å². The number of hydrogen-bond acceptors (Lipinski definition) is 5. The quantitative estimate of drug-likeness (QED) is 0.525. The van der Waals surface area contributed by atoms with Crippen molar-refractivity contribution in [3.05, 3.63) is 12.7 Å². The lowest BCUT2D eigenvalue weighted by molar-refractivity contribution is 0.473. The van der Waals surface area contributed by atoms with E-state index in [0.717, 1.165) is 6.33 Å². The van der Waals surface area contributed by atoms with Gasteiger partial charge in [-0.3, -0.25) is 4.55 Å². The molecule has 0 unspecified atom stereocenters. The van der Waals surface area contributed by atoms with E-state index in [0.29, 0.717) is 0 Å². The van der Waals surface area contributed by atoms with Gasteiger partial charge in [0.15, 0.2) is 0 Å². The molecule has 1 heterocycles. The maximum absolute atomic E-state index is 10.2. The third-order valence-corrected chi connectivity index (χ3v) is 1.32. The molecule has 1 rings (SSSR count). The number of nitrogens with zero attached hydrogens (tertiary/aromatic N) is 3. The van der Waals surface area contributed by atoms with Gasteiger partial charge in [-0.25, -0.2) is 9.97 Å². The first-order chi connectivity index (χ1) is 4.61. The zero-order valence-corrected chi connectivity index (χ0v) is 5.41. The van der Waals surface area contributed by atoms with Crippen molar-refractivity contribution in [1.29, 1.82) is 0 Å². The largest absolute Gasteiger partial charge is 0.330 e. The molecule has 0 spiro atoms. The molecule has 0 amide bonds. The first-order valence-corrected chi connectivity index (χ1v) is 3.57. The molecule has 7 heteroatoms. The van der Waals surface area contributed by atoms with Gasteiger partial charge in [0.2, 0.25) is 6.33 Å². The second kappa shape index (κ2) is 2.27. The predicted octanol–water partition coefficient (Wildman–Crippen LogP) is -1.08. The summed E-state index contributed by atoms with van der Waals surface area (Å²) in [6, 6.07) is 0. The predicted molar refractivity (Wildman–Crippen MR) is 28.5 cm³/mol. The molecule has 1 radical (unpaired) electrons. The highest BCUT2D eigenvalue weighted by molar-refractivity contribution is 7.85. The zero-order valence-electron chi connectivity index (χ0n) is 4.59. The summed E-state index contributed by atoms with van der Waals surface area (Å²) >= 11 is 0. The van der Waals surface area contributed by atoms with E-state index in [4.69, 9.17) is 4.55 Å². The van der Waals surface area contributed by atoms with Crippen LogP contribution in [0.4, 0.5) is 0 Å². The third-order valence-electron chi connectivity index (χ3n) is 0.660. The Morgan fingerprint density at radius 2 is 2.30 bits per heavy atom. The molecule has 53 valence electrons. The third kappa shape index (κ3) is 1.45. The maximum Gasteiger partial charge on any atom is 0.330 e. The lowest BCUT2D eigenvalue weighted by Crippen LogP contribution is -2.04. The van der Waals surface area contributed by atoms with E-state index in [1.807, 2.05) is 6.33 Å². The molecule has 0 aliphatic rings. The van der Waals surface area contributed by atoms with E-state index in [-0.39, 0.29) is 0 Å². The van der Waals surface area contributed by atoms with Gasteiger partial charge in [-0.15, -0.1) is 0 Å². The van der Waals surface area contributed by atoms with Crippen molar-refractivity contribution in [1.82, 2.24) is 15.0 Å². The summed E-state index contributed by atoms with van der Waals surface area (Å²) in [6.07, 6.45) is 2.89. The fraction of sp³-hybridized carbons (Fsp3) is 0. The fourth-order valence-corrected chi connectivity index (χ4v) is 0.665. The Balaban J connectivity index is 3.22. The molecule has 0 bridgehead atoms.